The zero-order valence-electron chi connectivity index (χ0n) is 16.1. The minimum atomic E-state index is -2.02. The molecule has 0 fully saturated rings. The molecule has 0 aromatic heterocycles. The minimum Gasteiger partial charge on any atom is -0.458 e. The van der Waals surface area contributed by atoms with Crippen LogP contribution >= 0.6 is 0 Å². The zero-order valence-corrected chi connectivity index (χ0v) is 16.1. The quantitative estimate of drug-likeness (QED) is 0.339. The molecular formula is C19H29N3O5. The SMILES string of the molecule is CC(C)(C)OC(=O)[C@@](CCCCN)(NC(=O)OCc1ccccc1)C(N)=O. The molecule has 1 aromatic carbocycles. The van der Waals surface area contributed by atoms with Gasteiger partial charge in [0, 0.05) is 0 Å². The number of benzene rings is 1. The molecule has 1 atom stereocenters. The molecule has 1 rings (SSSR count). The molecule has 0 heterocycles. The van der Waals surface area contributed by atoms with Gasteiger partial charge in [0.05, 0.1) is 0 Å². The number of amides is 2. The largest absolute Gasteiger partial charge is 0.458 e. The maximum absolute atomic E-state index is 12.7. The molecule has 8 heteroatoms. The van der Waals surface area contributed by atoms with E-state index in [0.717, 1.165) is 5.56 Å². The lowest BCUT2D eigenvalue weighted by molar-refractivity contribution is -0.166. The average Bonchev–Trinajstić information content (AvgIpc) is 2.58. The van der Waals surface area contributed by atoms with Crippen LogP contribution in [0.25, 0.3) is 0 Å². The molecule has 8 nitrogen and oxygen atoms in total. The molecule has 0 bridgehead atoms. The summed E-state index contributed by atoms with van der Waals surface area (Å²) < 4.78 is 10.4. The van der Waals surface area contributed by atoms with E-state index in [-0.39, 0.29) is 13.0 Å². The van der Waals surface area contributed by atoms with Crippen LogP contribution in [0.2, 0.25) is 0 Å². The Labute approximate surface area is 159 Å². The zero-order chi connectivity index (χ0) is 20.5. The van der Waals surface area contributed by atoms with E-state index in [2.05, 4.69) is 5.32 Å². The van der Waals surface area contributed by atoms with Gasteiger partial charge in [-0.3, -0.25) is 10.1 Å². The van der Waals surface area contributed by atoms with Crippen LogP contribution < -0.4 is 16.8 Å². The van der Waals surface area contributed by atoms with E-state index in [4.69, 9.17) is 20.9 Å². The molecule has 2 amide bonds. The number of unbranched alkanes of at least 4 members (excludes halogenated alkanes) is 1. The molecule has 5 N–H and O–H groups in total. The fourth-order valence-corrected chi connectivity index (χ4v) is 2.33. The maximum atomic E-state index is 12.7. The van der Waals surface area contributed by atoms with Gasteiger partial charge in [-0.25, -0.2) is 9.59 Å². The van der Waals surface area contributed by atoms with Crippen molar-refractivity contribution in [2.75, 3.05) is 6.54 Å². The van der Waals surface area contributed by atoms with Crippen LogP contribution in [0, 0.1) is 0 Å². The second-order valence-electron chi connectivity index (χ2n) is 7.20. The van der Waals surface area contributed by atoms with E-state index in [1.165, 1.54) is 0 Å². The van der Waals surface area contributed by atoms with E-state index < -0.39 is 29.1 Å². The standard InChI is InChI=1S/C19H29N3O5/c1-18(2,3)27-16(24)19(15(21)23,11-7-8-12-20)22-17(25)26-13-14-9-5-4-6-10-14/h4-6,9-10H,7-8,11-13,20H2,1-3H3,(H2,21,23)(H,22,25)/t19-/m0/s1. The summed E-state index contributed by atoms with van der Waals surface area (Å²) in [5.41, 5.74) is 8.85. The van der Waals surface area contributed by atoms with Crippen molar-refractivity contribution in [2.45, 2.75) is 57.8 Å². The van der Waals surface area contributed by atoms with Crippen LogP contribution in [0.3, 0.4) is 0 Å². The predicted molar refractivity (Wildman–Crippen MR) is 100 cm³/mol. The van der Waals surface area contributed by atoms with Gasteiger partial charge in [-0.1, -0.05) is 30.3 Å². The smallest absolute Gasteiger partial charge is 0.408 e. The highest BCUT2D eigenvalue weighted by atomic mass is 16.6. The Kier molecular flexibility index (Phi) is 8.24. The topological polar surface area (TPSA) is 134 Å². The van der Waals surface area contributed by atoms with Gasteiger partial charge < -0.3 is 20.9 Å². The Morgan fingerprint density at radius 2 is 1.70 bits per heavy atom. The van der Waals surface area contributed by atoms with Gasteiger partial charge in [-0.15, -0.1) is 0 Å². The third-order valence-corrected chi connectivity index (χ3v) is 3.70. The third kappa shape index (κ3) is 7.26. The number of primary amides is 1. The fraction of sp³-hybridized carbons (Fsp3) is 0.526. The summed E-state index contributed by atoms with van der Waals surface area (Å²) in [6.07, 6.45) is -0.0123. The third-order valence-electron chi connectivity index (χ3n) is 3.70. The van der Waals surface area contributed by atoms with E-state index >= 15 is 0 Å². The summed E-state index contributed by atoms with van der Waals surface area (Å²) in [5, 5.41) is 2.33. The van der Waals surface area contributed by atoms with Crippen molar-refractivity contribution in [1.82, 2.24) is 5.32 Å². The summed E-state index contributed by atoms with van der Waals surface area (Å²) in [4.78, 5) is 37.1. The molecule has 1 aromatic rings. The second kappa shape index (κ2) is 9.91. The van der Waals surface area contributed by atoms with Crippen LogP contribution in [0.15, 0.2) is 30.3 Å². The van der Waals surface area contributed by atoms with Gasteiger partial charge in [0.25, 0.3) is 5.91 Å². The predicted octanol–water partition coefficient (Wildman–Crippen LogP) is 1.61. The average molecular weight is 379 g/mol. The van der Waals surface area contributed by atoms with Crippen molar-refractivity contribution in [3.63, 3.8) is 0 Å². The van der Waals surface area contributed by atoms with Crippen molar-refractivity contribution < 1.29 is 23.9 Å². The van der Waals surface area contributed by atoms with Crippen molar-refractivity contribution in [1.29, 1.82) is 0 Å². The number of esters is 1. The number of hydrogen-bond donors (Lipinski definition) is 3. The summed E-state index contributed by atoms with van der Waals surface area (Å²) in [6.45, 7) is 5.33. The molecule has 0 saturated heterocycles. The van der Waals surface area contributed by atoms with Crippen LogP contribution in [0.5, 0.6) is 0 Å². The first-order valence-electron chi connectivity index (χ1n) is 8.83. The molecule has 0 radical (unpaired) electrons. The van der Waals surface area contributed by atoms with Gasteiger partial charge >= 0.3 is 12.1 Å². The number of alkyl carbamates (subject to hydrolysis) is 1. The number of hydrogen-bond acceptors (Lipinski definition) is 6. The molecule has 0 aliphatic carbocycles. The molecule has 150 valence electrons. The first kappa shape index (κ1) is 22.4. The van der Waals surface area contributed by atoms with Crippen molar-refractivity contribution >= 4 is 18.0 Å². The monoisotopic (exact) mass is 379 g/mol. The number of nitrogens with two attached hydrogens (primary N) is 2. The van der Waals surface area contributed by atoms with Gasteiger partial charge in [0.15, 0.2) is 0 Å². The lowest BCUT2D eigenvalue weighted by atomic mass is 9.91. The minimum absolute atomic E-state index is 0.0152. The number of ether oxygens (including phenoxy) is 2. The second-order valence-corrected chi connectivity index (χ2v) is 7.20. The molecule has 0 aliphatic heterocycles. The molecule has 0 spiro atoms. The lowest BCUT2D eigenvalue weighted by Crippen LogP contribution is -2.64. The number of nitrogens with one attached hydrogen (secondary N) is 1. The lowest BCUT2D eigenvalue weighted by Gasteiger charge is -2.32. The summed E-state index contributed by atoms with van der Waals surface area (Å²) in [5.74, 6) is -1.93. The fourth-order valence-electron chi connectivity index (χ4n) is 2.33. The van der Waals surface area contributed by atoms with E-state index in [9.17, 15) is 14.4 Å². The Balaban J connectivity index is 2.94. The molecule has 27 heavy (non-hydrogen) atoms. The number of rotatable bonds is 9. The van der Waals surface area contributed by atoms with Crippen LogP contribution in [0.4, 0.5) is 4.79 Å². The van der Waals surface area contributed by atoms with Gasteiger partial charge in [0.2, 0.25) is 5.54 Å². The van der Waals surface area contributed by atoms with Crippen molar-refractivity contribution in [3.05, 3.63) is 35.9 Å². The van der Waals surface area contributed by atoms with Crippen LogP contribution in [-0.2, 0) is 25.7 Å². The summed E-state index contributed by atoms with van der Waals surface area (Å²) in [6, 6.07) is 9.00. The van der Waals surface area contributed by atoms with E-state index in [0.29, 0.717) is 19.4 Å². The molecular weight excluding hydrogens is 350 g/mol. The van der Waals surface area contributed by atoms with Gasteiger partial charge in [-0.2, -0.15) is 0 Å². The first-order chi connectivity index (χ1) is 12.6. The molecule has 0 aliphatic rings. The molecule has 0 saturated carbocycles. The van der Waals surface area contributed by atoms with Gasteiger partial charge in [-0.05, 0) is 52.1 Å². The summed E-state index contributed by atoms with van der Waals surface area (Å²) in [7, 11) is 0. The Morgan fingerprint density at radius 3 is 2.22 bits per heavy atom. The van der Waals surface area contributed by atoms with Crippen molar-refractivity contribution in [2.24, 2.45) is 11.5 Å². The van der Waals surface area contributed by atoms with Gasteiger partial charge in [0.1, 0.15) is 12.2 Å². The summed E-state index contributed by atoms with van der Waals surface area (Å²) >= 11 is 0. The van der Waals surface area contributed by atoms with Crippen molar-refractivity contribution in [3.8, 4) is 0 Å². The van der Waals surface area contributed by atoms with E-state index in [1.807, 2.05) is 6.07 Å². The highest BCUT2D eigenvalue weighted by molar-refractivity contribution is 6.09. The highest BCUT2D eigenvalue weighted by Crippen LogP contribution is 2.21. The Hall–Kier alpha value is -2.61. The Bertz CT molecular complexity index is 642. The maximum Gasteiger partial charge on any atom is 0.408 e. The Morgan fingerprint density at radius 1 is 1.07 bits per heavy atom. The van der Waals surface area contributed by atoms with Crippen LogP contribution in [-0.4, -0.2) is 35.7 Å². The highest BCUT2D eigenvalue weighted by Gasteiger charge is 2.48. The normalized spacial score (nSPS) is 13.3. The first-order valence-corrected chi connectivity index (χ1v) is 8.83. The number of carbonyl (C=O) groups is 3. The van der Waals surface area contributed by atoms with E-state index in [1.54, 1.807) is 45.0 Å². The molecule has 0 unspecified atom stereocenters. The number of carbonyl (C=O) groups excluding carboxylic acids is 3. The van der Waals surface area contributed by atoms with Crippen LogP contribution in [0.1, 0.15) is 45.6 Å².